The van der Waals surface area contributed by atoms with Crippen molar-refractivity contribution in [2.75, 3.05) is 49.7 Å². The Morgan fingerprint density at radius 3 is 2.32 bits per heavy atom. The minimum atomic E-state index is -0.151. The van der Waals surface area contributed by atoms with Gasteiger partial charge in [0, 0.05) is 33.6 Å². The number of likely N-dealkylation sites (N-methyl/N-ethyl adjacent to an activating group) is 1. The molecule has 0 spiro atoms. The molecule has 0 aromatic heterocycles. The lowest BCUT2D eigenvalue weighted by molar-refractivity contribution is -0.130. The first-order chi connectivity index (χ1) is 13.6. The quantitative estimate of drug-likeness (QED) is 0.772. The first-order valence-corrected chi connectivity index (χ1v) is 9.54. The molecule has 2 amide bonds. The summed E-state index contributed by atoms with van der Waals surface area (Å²) in [5, 5.41) is 0. The molecule has 6 nitrogen and oxygen atoms in total. The van der Waals surface area contributed by atoms with Crippen molar-refractivity contribution in [1.82, 2.24) is 4.90 Å². The van der Waals surface area contributed by atoms with Gasteiger partial charge in [0.25, 0.3) is 0 Å². The number of para-hydroxylation sites is 2. The van der Waals surface area contributed by atoms with Crippen molar-refractivity contribution < 1.29 is 14.3 Å². The summed E-state index contributed by atoms with van der Waals surface area (Å²) in [5.41, 5.74) is 2.78. The molecule has 1 fully saturated rings. The Balaban J connectivity index is 1.76. The number of nitrogens with zero attached hydrogens (tertiary/aromatic N) is 3. The highest BCUT2D eigenvalue weighted by Gasteiger charge is 2.23. The molecule has 2 aromatic carbocycles. The topological polar surface area (TPSA) is 53.1 Å². The average molecular weight is 381 g/mol. The fraction of sp³-hybridized carbons (Fsp3) is 0.364. The van der Waals surface area contributed by atoms with Crippen LogP contribution in [-0.4, -0.2) is 56.6 Å². The van der Waals surface area contributed by atoms with Crippen LogP contribution in [0, 0.1) is 0 Å². The molecule has 1 heterocycles. The molecule has 6 heteroatoms. The van der Waals surface area contributed by atoms with Crippen LogP contribution in [0.4, 0.5) is 11.4 Å². The largest absolute Gasteiger partial charge is 0.378 e. The summed E-state index contributed by atoms with van der Waals surface area (Å²) in [6.07, 6.45) is 0. The third-order valence-electron chi connectivity index (χ3n) is 4.89. The fourth-order valence-electron chi connectivity index (χ4n) is 3.33. The fourth-order valence-corrected chi connectivity index (χ4v) is 3.33. The molecule has 0 aliphatic carbocycles. The van der Waals surface area contributed by atoms with E-state index in [0.29, 0.717) is 19.8 Å². The first kappa shape index (κ1) is 19.9. The van der Waals surface area contributed by atoms with Crippen LogP contribution in [0.1, 0.15) is 12.5 Å². The van der Waals surface area contributed by atoms with E-state index in [0.717, 1.165) is 30.0 Å². The Hall–Kier alpha value is -2.86. The van der Waals surface area contributed by atoms with Gasteiger partial charge in [-0.2, -0.15) is 0 Å². The van der Waals surface area contributed by atoms with Crippen molar-refractivity contribution in [2.24, 2.45) is 0 Å². The lowest BCUT2D eigenvalue weighted by atomic mass is 10.2. The van der Waals surface area contributed by atoms with E-state index < -0.39 is 0 Å². The Morgan fingerprint density at radius 1 is 1.00 bits per heavy atom. The Labute approximate surface area is 166 Å². The van der Waals surface area contributed by atoms with Crippen molar-refractivity contribution in [3.63, 3.8) is 0 Å². The molecule has 2 aromatic rings. The Bertz CT molecular complexity index is 804. The van der Waals surface area contributed by atoms with Crippen molar-refractivity contribution in [2.45, 2.75) is 13.5 Å². The normalized spacial score (nSPS) is 13.9. The van der Waals surface area contributed by atoms with E-state index in [9.17, 15) is 9.59 Å². The van der Waals surface area contributed by atoms with Gasteiger partial charge < -0.3 is 19.4 Å². The van der Waals surface area contributed by atoms with Gasteiger partial charge in [-0.15, -0.1) is 0 Å². The number of ether oxygens (including phenoxy) is 1. The van der Waals surface area contributed by atoms with E-state index >= 15 is 0 Å². The monoisotopic (exact) mass is 381 g/mol. The second-order valence-electron chi connectivity index (χ2n) is 6.93. The molecule has 148 valence electrons. The number of carbonyl (C=O) groups is 2. The summed E-state index contributed by atoms with van der Waals surface area (Å²) >= 11 is 0. The number of anilines is 2. The average Bonchev–Trinajstić information content (AvgIpc) is 2.73. The van der Waals surface area contributed by atoms with Crippen molar-refractivity contribution >= 4 is 23.2 Å². The predicted octanol–water partition coefficient (Wildman–Crippen LogP) is 2.53. The third-order valence-corrected chi connectivity index (χ3v) is 4.89. The van der Waals surface area contributed by atoms with Crippen molar-refractivity contribution in [3.8, 4) is 0 Å². The summed E-state index contributed by atoms with van der Waals surface area (Å²) in [6, 6.07) is 17.6. The second kappa shape index (κ2) is 9.37. The highest BCUT2D eigenvalue weighted by Crippen LogP contribution is 2.30. The van der Waals surface area contributed by atoms with E-state index in [-0.39, 0.29) is 18.4 Å². The number of morpholine rings is 1. The molecule has 3 rings (SSSR count). The van der Waals surface area contributed by atoms with Crippen LogP contribution < -0.4 is 9.80 Å². The minimum Gasteiger partial charge on any atom is -0.378 e. The van der Waals surface area contributed by atoms with Crippen LogP contribution in [0.15, 0.2) is 54.6 Å². The molecule has 1 aliphatic rings. The zero-order valence-electron chi connectivity index (χ0n) is 16.5. The molecule has 1 saturated heterocycles. The van der Waals surface area contributed by atoms with Gasteiger partial charge in [0.2, 0.25) is 11.8 Å². The van der Waals surface area contributed by atoms with E-state index in [4.69, 9.17) is 4.74 Å². The summed E-state index contributed by atoms with van der Waals surface area (Å²) in [6.45, 7) is 4.88. The van der Waals surface area contributed by atoms with Crippen LogP contribution in [0.5, 0.6) is 0 Å². The van der Waals surface area contributed by atoms with Gasteiger partial charge in [0.05, 0.1) is 24.6 Å². The first-order valence-electron chi connectivity index (χ1n) is 9.54. The molecule has 28 heavy (non-hydrogen) atoms. The van der Waals surface area contributed by atoms with E-state index in [1.807, 2.05) is 54.6 Å². The van der Waals surface area contributed by atoms with Gasteiger partial charge in [0.1, 0.15) is 6.54 Å². The number of amides is 2. The van der Waals surface area contributed by atoms with Crippen LogP contribution in [0.3, 0.4) is 0 Å². The van der Waals surface area contributed by atoms with Gasteiger partial charge in [-0.3, -0.25) is 9.59 Å². The molecule has 0 radical (unpaired) electrons. The maximum Gasteiger partial charge on any atom is 0.242 e. The van der Waals surface area contributed by atoms with Gasteiger partial charge in [-0.05, 0) is 17.7 Å². The molecular formula is C22H27N3O3. The SMILES string of the molecule is CC(=O)N(CC(=O)N(C)Cc1ccccc1)c1ccccc1N1CCOCC1. The zero-order valence-corrected chi connectivity index (χ0v) is 16.5. The number of carbonyl (C=O) groups excluding carboxylic acids is 2. The number of hydrogen-bond acceptors (Lipinski definition) is 4. The van der Waals surface area contributed by atoms with Crippen LogP contribution in [-0.2, 0) is 20.9 Å². The number of rotatable bonds is 6. The maximum absolute atomic E-state index is 12.8. The minimum absolute atomic E-state index is 0.0139. The maximum atomic E-state index is 12.8. The summed E-state index contributed by atoms with van der Waals surface area (Å²) < 4.78 is 5.44. The van der Waals surface area contributed by atoms with Gasteiger partial charge in [0.15, 0.2) is 0 Å². The van der Waals surface area contributed by atoms with Crippen LogP contribution in [0.2, 0.25) is 0 Å². The lowest BCUT2D eigenvalue weighted by Gasteiger charge is -2.33. The highest BCUT2D eigenvalue weighted by molar-refractivity contribution is 6.00. The molecule has 0 atom stereocenters. The third kappa shape index (κ3) is 4.89. The molecule has 0 unspecified atom stereocenters. The molecule has 0 N–H and O–H groups in total. The standard InChI is InChI=1S/C22H27N3O3/c1-18(26)25(17-22(27)23(2)16-19-8-4-3-5-9-19)21-11-7-6-10-20(21)24-12-14-28-15-13-24/h3-11H,12-17H2,1-2H3. The van der Waals surface area contributed by atoms with E-state index in [1.165, 1.54) is 6.92 Å². The number of hydrogen-bond donors (Lipinski definition) is 0. The predicted molar refractivity (Wildman–Crippen MR) is 110 cm³/mol. The van der Waals surface area contributed by atoms with Gasteiger partial charge in [-0.25, -0.2) is 0 Å². The summed E-state index contributed by atoms with van der Waals surface area (Å²) in [5.74, 6) is -0.252. The highest BCUT2D eigenvalue weighted by atomic mass is 16.5. The lowest BCUT2D eigenvalue weighted by Crippen LogP contribution is -2.42. The van der Waals surface area contributed by atoms with Crippen molar-refractivity contribution in [1.29, 1.82) is 0 Å². The molecular weight excluding hydrogens is 354 g/mol. The van der Waals surface area contributed by atoms with E-state index in [2.05, 4.69) is 4.90 Å². The summed E-state index contributed by atoms with van der Waals surface area (Å²) in [4.78, 5) is 30.7. The number of benzene rings is 2. The van der Waals surface area contributed by atoms with E-state index in [1.54, 1.807) is 16.8 Å². The van der Waals surface area contributed by atoms with Gasteiger partial charge in [-0.1, -0.05) is 42.5 Å². The molecule has 0 bridgehead atoms. The molecule has 0 saturated carbocycles. The molecule has 1 aliphatic heterocycles. The van der Waals surface area contributed by atoms with Crippen LogP contribution >= 0.6 is 0 Å². The summed E-state index contributed by atoms with van der Waals surface area (Å²) in [7, 11) is 1.77. The Kier molecular flexibility index (Phi) is 6.66. The van der Waals surface area contributed by atoms with Crippen molar-refractivity contribution in [3.05, 3.63) is 60.2 Å². The van der Waals surface area contributed by atoms with Gasteiger partial charge >= 0.3 is 0 Å². The van der Waals surface area contributed by atoms with Crippen LogP contribution in [0.25, 0.3) is 0 Å². The smallest absolute Gasteiger partial charge is 0.242 e. The zero-order chi connectivity index (χ0) is 19.9. The second-order valence-corrected chi connectivity index (χ2v) is 6.93. The Morgan fingerprint density at radius 2 is 1.64 bits per heavy atom.